The average molecular weight is 219 g/mol. The van der Waals surface area contributed by atoms with Gasteiger partial charge >= 0.3 is 0 Å². The third-order valence-electron chi connectivity index (χ3n) is 2.51. The van der Waals surface area contributed by atoms with Crippen LogP contribution in [-0.2, 0) is 4.74 Å². The Morgan fingerprint density at radius 1 is 1.40 bits per heavy atom. The van der Waals surface area contributed by atoms with Crippen LogP contribution in [0.15, 0.2) is 23.1 Å². The molecule has 2 rings (SSSR count). The molecule has 0 saturated carbocycles. The second-order valence-corrected chi connectivity index (χ2v) is 5.40. The van der Waals surface area contributed by atoms with Crippen molar-refractivity contribution in [3.05, 3.63) is 29.3 Å². The van der Waals surface area contributed by atoms with Gasteiger partial charge in [-0.25, -0.2) is 0 Å². The summed E-state index contributed by atoms with van der Waals surface area (Å²) in [5.74, 6) is 0. The van der Waals surface area contributed by atoms with Crippen LogP contribution in [0.2, 0.25) is 0 Å². The van der Waals surface area contributed by atoms with Gasteiger partial charge in [0, 0.05) is 4.90 Å². The first-order valence-corrected chi connectivity index (χ1v) is 5.72. The number of aryl methyl sites for hydroxylation is 2. The minimum absolute atomic E-state index is 0.347. The second kappa shape index (κ2) is 3.88. The Kier molecular flexibility index (Phi) is 2.72. The van der Waals surface area contributed by atoms with Gasteiger partial charge in [0.15, 0.2) is 4.75 Å². The molecule has 15 heavy (non-hydrogen) atoms. The van der Waals surface area contributed by atoms with Crippen LogP contribution in [-0.4, -0.2) is 18.0 Å². The lowest BCUT2D eigenvalue weighted by molar-refractivity contribution is 0.0161. The molecule has 1 aromatic rings. The van der Waals surface area contributed by atoms with E-state index in [2.05, 4.69) is 38.1 Å². The van der Waals surface area contributed by atoms with Crippen LogP contribution in [0, 0.1) is 25.2 Å². The van der Waals surface area contributed by atoms with Crippen molar-refractivity contribution in [3.8, 4) is 6.07 Å². The van der Waals surface area contributed by atoms with E-state index >= 15 is 0 Å². The molecule has 2 nitrogen and oxygen atoms in total. The zero-order valence-corrected chi connectivity index (χ0v) is 9.73. The van der Waals surface area contributed by atoms with Crippen LogP contribution in [0.1, 0.15) is 11.1 Å². The topological polar surface area (TPSA) is 33.0 Å². The maximum absolute atomic E-state index is 9.09. The molecule has 0 radical (unpaired) electrons. The molecule has 0 amide bonds. The molecule has 1 saturated heterocycles. The first kappa shape index (κ1) is 10.5. The van der Waals surface area contributed by atoms with Crippen molar-refractivity contribution in [2.45, 2.75) is 23.5 Å². The molecule has 0 bridgehead atoms. The lowest BCUT2D eigenvalue weighted by Gasteiger charge is -2.34. The zero-order valence-electron chi connectivity index (χ0n) is 8.91. The standard InChI is InChI=1S/C12H13NOS/c1-9-3-4-11(10(2)5-9)15-12(6-13)7-14-8-12/h3-5H,7-8H2,1-2H3. The first-order chi connectivity index (χ1) is 7.15. The number of rotatable bonds is 2. The maximum atomic E-state index is 9.09. The fraction of sp³-hybridized carbons (Fsp3) is 0.417. The summed E-state index contributed by atoms with van der Waals surface area (Å²) in [6.07, 6.45) is 0. The number of ether oxygens (including phenoxy) is 1. The molecule has 1 aliphatic heterocycles. The molecule has 0 aromatic heterocycles. The normalized spacial score (nSPS) is 17.9. The van der Waals surface area contributed by atoms with E-state index in [1.54, 1.807) is 11.8 Å². The number of hydrogen-bond acceptors (Lipinski definition) is 3. The van der Waals surface area contributed by atoms with Crippen molar-refractivity contribution in [2.24, 2.45) is 0 Å². The molecule has 3 heteroatoms. The number of thioether (sulfide) groups is 1. The van der Waals surface area contributed by atoms with E-state index in [1.165, 1.54) is 16.0 Å². The van der Waals surface area contributed by atoms with Crippen molar-refractivity contribution in [1.29, 1.82) is 5.26 Å². The number of nitrogens with zero attached hydrogens (tertiary/aromatic N) is 1. The van der Waals surface area contributed by atoms with Gasteiger partial charge in [-0.1, -0.05) is 29.5 Å². The van der Waals surface area contributed by atoms with Crippen molar-refractivity contribution in [2.75, 3.05) is 13.2 Å². The fourth-order valence-corrected chi connectivity index (χ4v) is 2.67. The highest BCUT2D eigenvalue weighted by Gasteiger charge is 2.40. The van der Waals surface area contributed by atoms with Gasteiger partial charge in [-0.15, -0.1) is 0 Å². The summed E-state index contributed by atoms with van der Waals surface area (Å²) in [6.45, 7) is 5.25. The molecule has 0 atom stereocenters. The van der Waals surface area contributed by atoms with E-state index < -0.39 is 0 Å². The quantitative estimate of drug-likeness (QED) is 0.766. The molecular formula is C12H13NOS. The van der Waals surface area contributed by atoms with Gasteiger partial charge in [-0.3, -0.25) is 0 Å². The number of nitriles is 1. The summed E-state index contributed by atoms with van der Waals surface area (Å²) in [6, 6.07) is 8.66. The lowest BCUT2D eigenvalue weighted by atomic mass is 10.1. The summed E-state index contributed by atoms with van der Waals surface area (Å²) in [7, 11) is 0. The van der Waals surface area contributed by atoms with Gasteiger partial charge in [0.05, 0.1) is 19.3 Å². The van der Waals surface area contributed by atoms with E-state index in [0.29, 0.717) is 13.2 Å². The molecular weight excluding hydrogens is 206 g/mol. The van der Waals surface area contributed by atoms with E-state index in [1.807, 2.05) is 0 Å². The lowest BCUT2D eigenvalue weighted by Crippen LogP contribution is -2.45. The molecule has 0 unspecified atom stereocenters. The molecule has 0 aliphatic carbocycles. The number of benzene rings is 1. The van der Waals surface area contributed by atoms with E-state index in [0.717, 1.165) is 0 Å². The van der Waals surface area contributed by atoms with E-state index in [4.69, 9.17) is 10.00 Å². The monoisotopic (exact) mass is 219 g/mol. The first-order valence-electron chi connectivity index (χ1n) is 4.90. The summed E-state index contributed by atoms with van der Waals surface area (Å²) < 4.78 is 4.77. The van der Waals surface area contributed by atoms with Gasteiger partial charge in [0.2, 0.25) is 0 Å². The Hall–Kier alpha value is -0.980. The molecule has 1 aliphatic rings. The second-order valence-electron chi connectivity index (χ2n) is 3.97. The Morgan fingerprint density at radius 2 is 2.13 bits per heavy atom. The van der Waals surface area contributed by atoms with Gasteiger partial charge in [-0.05, 0) is 25.5 Å². The van der Waals surface area contributed by atoms with Gasteiger partial charge in [0.25, 0.3) is 0 Å². The summed E-state index contributed by atoms with van der Waals surface area (Å²) in [4.78, 5) is 1.19. The molecule has 1 heterocycles. The zero-order chi connectivity index (χ0) is 10.9. The van der Waals surface area contributed by atoms with Gasteiger partial charge < -0.3 is 4.74 Å². The van der Waals surface area contributed by atoms with Crippen molar-refractivity contribution in [3.63, 3.8) is 0 Å². The SMILES string of the molecule is Cc1ccc(SC2(C#N)COC2)c(C)c1. The average Bonchev–Trinajstić information content (AvgIpc) is 2.14. The Morgan fingerprint density at radius 3 is 2.60 bits per heavy atom. The summed E-state index contributed by atoms with van der Waals surface area (Å²) in [5.41, 5.74) is 2.49. The Labute approximate surface area is 94.2 Å². The van der Waals surface area contributed by atoms with Gasteiger partial charge in [-0.2, -0.15) is 5.26 Å². The number of hydrogen-bond donors (Lipinski definition) is 0. The third-order valence-corrected chi connectivity index (χ3v) is 3.91. The van der Waals surface area contributed by atoms with Crippen LogP contribution in [0.25, 0.3) is 0 Å². The van der Waals surface area contributed by atoms with Crippen LogP contribution in [0.4, 0.5) is 0 Å². The van der Waals surface area contributed by atoms with Crippen LogP contribution >= 0.6 is 11.8 Å². The Bertz CT molecular complexity index is 418. The Balaban J connectivity index is 2.21. The predicted molar refractivity (Wildman–Crippen MR) is 60.9 cm³/mol. The predicted octanol–water partition coefficient (Wildman–Crippen LogP) is 2.69. The molecule has 1 aromatic carbocycles. The van der Waals surface area contributed by atoms with Crippen LogP contribution in [0.3, 0.4) is 0 Å². The van der Waals surface area contributed by atoms with Crippen molar-refractivity contribution in [1.82, 2.24) is 0 Å². The van der Waals surface area contributed by atoms with Crippen molar-refractivity contribution >= 4 is 11.8 Å². The molecule has 1 fully saturated rings. The highest BCUT2D eigenvalue weighted by molar-refractivity contribution is 8.01. The minimum Gasteiger partial charge on any atom is -0.376 e. The van der Waals surface area contributed by atoms with Crippen LogP contribution in [0.5, 0.6) is 0 Å². The molecule has 0 N–H and O–H groups in total. The highest BCUT2D eigenvalue weighted by atomic mass is 32.2. The fourth-order valence-electron chi connectivity index (χ4n) is 1.56. The highest BCUT2D eigenvalue weighted by Crippen LogP contribution is 2.39. The smallest absolute Gasteiger partial charge is 0.153 e. The molecule has 0 spiro atoms. The largest absolute Gasteiger partial charge is 0.376 e. The summed E-state index contributed by atoms with van der Waals surface area (Å²) in [5, 5.41) is 9.09. The minimum atomic E-state index is -0.347. The third kappa shape index (κ3) is 2.01. The van der Waals surface area contributed by atoms with Crippen LogP contribution < -0.4 is 0 Å². The summed E-state index contributed by atoms with van der Waals surface area (Å²) >= 11 is 1.63. The van der Waals surface area contributed by atoms with Gasteiger partial charge in [0.1, 0.15) is 0 Å². The maximum Gasteiger partial charge on any atom is 0.153 e. The van der Waals surface area contributed by atoms with E-state index in [-0.39, 0.29) is 4.75 Å². The van der Waals surface area contributed by atoms with E-state index in [9.17, 15) is 0 Å². The molecule has 78 valence electrons. The van der Waals surface area contributed by atoms with Crippen molar-refractivity contribution < 1.29 is 4.74 Å².